The van der Waals surface area contributed by atoms with Crippen LogP contribution in [-0.2, 0) is 6.61 Å². The first-order valence-electron chi connectivity index (χ1n) is 6.08. The van der Waals surface area contributed by atoms with Gasteiger partial charge in [0.2, 0.25) is 0 Å². The molecule has 1 nitrogen and oxygen atoms in total. The lowest BCUT2D eigenvalue weighted by molar-refractivity contribution is 0.292. The van der Waals surface area contributed by atoms with Crippen molar-refractivity contribution in [3.63, 3.8) is 0 Å². The second-order valence-electron chi connectivity index (χ2n) is 4.48. The number of benzene rings is 2. The summed E-state index contributed by atoms with van der Waals surface area (Å²) in [4.78, 5) is 0. The molecule has 0 radical (unpaired) electrons. The summed E-state index contributed by atoms with van der Waals surface area (Å²) in [5.74, 6) is 0.000385. The van der Waals surface area contributed by atoms with E-state index in [-0.39, 0.29) is 5.82 Å². The molecular formula is C16H13FOS. The molecule has 0 aliphatic carbocycles. The third-order valence-electron chi connectivity index (χ3n) is 3.03. The molecular weight excluding hydrogens is 259 g/mol. The molecule has 0 aliphatic heterocycles. The molecule has 0 saturated heterocycles. The predicted molar refractivity (Wildman–Crippen MR) is 77.3 cm³/mol. The van der Waals surface area contributed by atoms with E-state index in [2.05, 4.69) is 17.5 Å². The van der Waals surface area contributed by atoms with Gasteiger partial charge in [0.05, 0.1) is 0 Å². The summed E-state index contributed by atoms with van der Waals surface area (Å²) >= 11 is 1.68. The zero-order valence-corrected chi connectivity index (χ0v) is 11.3. The van der Waals surface area contributed by atoms with Crippen LogP contribution in [0.15, 0.2) is 47.8 Å². The molecule has 0 amide bonds. The van der Waals surface area contributed by atoms with Gasteiger partial charge in [-0.25, -0.2) is 4.39 Å². The number of hydrogen-bond donors (Lipinski definition) is 0. The summed E-state index contributed by atoms with van der Waals surface area (Å²) < 4.78 is 20.4. The normalized spacial score (nSPS) is 10.8. The van der Waals surface area contributed by atoms with Crippen LogP contribution >= 0.6 is 11.3 Å². The van der Waals surface area contributed by atoms with Crippen molar-refractivity contribution in [2.24, 2.45) is 0 Å². The Bertz CT molecular complexity index is 718. The van der Waals surface area contributed by atoms with Gasteiger partial charge in [0.1, 0.15) is 6.61 Å². The van der Waals surface area contributed by atoms with Crippen LogP contribution in [-0.4, -0.2) is 0 Å². The summed E-state index contributed by atoms with van der Waals surface area (Å²) in [6, 6.07) is 13.1. The molecule has 2 aromatic carbocycles. The zero-order chi connectivity index (χ0) is 13.2. The summed E-state index contributed by atoms with van der Waals surface area (Å²) in [5.41, 5.74) is 2.09. The Morgan fingerprint density at radius 3 is 2.89 bits per heavy atom. The number of thiophene rings is 1. The average Bonchev–Trinajstić information content (AvgIpc) is 2.83. The van der Waals surface area contributed by atoms with Crippen LogP contribution in [0.4, 0.5) is 4.39 Å². The molecule has 1 heterocycles. The Labute approximate surface area is 115 Å². The number of hydrogen-bond acceptors (Lipinski definition) is 2. The smallest absolute Gasteiger partial charge is 0.165 e. The summed E-state index contributed by atoms with van der Waals surface area (Å²) in [6.45, 7) is 2.32. The van der Waals surface area contributed by atoms with Gasteiger partial charge in [0, 0.05) is 10.3 Å². The van der Waals surface area contributed by atoms with Gasteiger partial charge in [-0.2, -0.15) is 0 Å². The fourth-order valence-corrected chi connectivity index (χ4v) is 2.97. The quantitative estimate of drug-likeness (QED) is 0.657. The predicted octanol–water partition coefficient (Wildman–Crippen LogP) is 4.93. The maximum Gasteiger partial charge on any atom is 0.165 e. The summed E-state index contributed by atoms with van der Waals surface area (Å²) in [7, 11) is 0. The summed E-state index contributed by atoms with van der Waals surface area (Å²) in [6.07, 6.45) is 0. The van der Waals surface area contributed by atoms with Crippen molar-refractivity contribution in [2.45, 2.75) is 13.5 Å². The van der Waals surface area contributed by atoms with Crippen molar-refractivity contribution in [1.29, 1.82) is 0 Å². The van der Waals surface area contributed by atoms with Crippen LogP contribution < -0.4 is 4.74 Å². The second-order valence-corrected chi connectivity index (χ2v) is 5.39. The van der Waals surface area contributed by atoms with Crippen LogP contribution in [0.3, 0.4) is 0 Å². The van der Waals surface area contributed by atoms with Crippen molar-refractivity contribution < 1.29 is 9.13 Å². The Balaban J connectivity index is 1.84. The van der Waals surface area contributed by atoms with Crippen molar-refractivity contribution in [3.8, 4) is 5.75 Å². The first-order valence-corrected chi connectivity index (χ1v) is 6.96. The molecule has 3 heteroatoms. The highest BCUT2D eigenvalue weighted by atomic mass is 32.1. The monoisotopic (exact) mass is 272 g/mol. The highest BCUT2D eigenvalue weighted by Crippen LogP contribution is 2.27. The van der Waals surface area contributed by atoms with Gasteiger partial charge in [0.15, 0.2) is 11.6 Å². The van der Waals surface area contributed by atoms with Crippen LogP contribution in [0.1, 0.15) is 11.1 Å². The number of rotatable bonds is 3. The van der Waals surface area contributed by atoms with Crippen LogP contribution in [0.25, 0.3) is 10.1 Å². The standard InChI is InChI=1S/C16H13FOS/c1-11-6-7-14(17)15(8-11)18-9-12-10-19-16-5-3-2-4-13(12)16/h2-8,10H,9H2,1H3. The Kier molecular flexibility index (Phi) is 3.22. The fraction of sp³-hybridized carbons (Fsp3) is 0.125. The maximum absolute atomic E-state index is 13.6. The highest BCUT2D eigenvalue weighted by Gasteiger charge is 2.07. The van der Waals surface area contributed by atoms with Gasteiger partial charge in [0.25, 0.3) is 0 Å². The van der Waals surface area contributed by atoms with E-state index in [1.807, 2.05) is 19.1 Å². The van der Waals surface area contributed by atoms with E-state index in [4.69, 9.17) is 4.74 Å². The zero-order valence-electron chi connectivity index (χ0n) is 10.5. The third-order valence-corrected chi connectivity index (χ3v) is 4.04. The molecule has 0 bridgehead atoms. The Hall–Kier alpha value is -1.87. The first kappa shape index (κ1) is 12.2. The lowest BCUT2D eigenvalue weighted by atomic mass is 10.2. The largest absolute Gasteiger partial charge is 0.486 e. The molecule has 96 valence electrons. The topological polar surface area (TPSA) is 9.23 Å². The number of halogens is 1. The number of fused-ring (bicyclic) bond motifs is 1. The van der Waals surface area contributed by atoms with Crippen molar-refractivity contribution in [1.82, 2.24) is 0 Å². The summed E-state index contributed by atoms with van der Waals surface area (Å²) in [5, 5.41) is 3.25. The third kappa shape index (κ3) is 2.47. The van der Waals surface area contributed by atoms with E-state index >= 15 is 0 Å². The van der Waals surface area contributed by atoms with E-state index < -0.39 is 0 Å². The lowest BCUT2D eigenvalue weighted by Gasteiger charge is -2.07. The van der Waals surface area contributed by atoms with Crippen LogP contribution in [0.2, 0.25) is 0 Å². The van der Waals surface area contributed by atoms with E-state index in [9.17, 15) is 4.39 Å². The van der Waals surface area contributed by atoms with Crippen molar-refractivity contribution in [2.75, 3.05) is 0 Å². The van der Waals surface area contributed by atoms with Crippen molar-refractivity contribution >= 4 is 21.4 Å². The minimum Gasteiger partial charge on any atom is -0.486 e. The minimum atomic E-state index is -0.315. The van der Waals surface area contributed by atoms with Gasteiger partial charge >= 0.3 is 0 Å². The van der Waals surface area contributed by atoms with Crippen molar-refractivity contribution in [3.05, 3.63) is 64.8 Å². The van der Waals surface area contributed by atoms with E-state index in [1.165, 1.54) is 16.2 Å². The van der Waals surface area contributed by atoms with Gasteiger partial charge in [-0.05, 0) is 41.5 Å². The van der Waals surface area contributed by atoms with Gasteiger partial charge < -0.3 is 4.74 Å². The average molecular weight is 272 g/mol. The molecule has 19 heavy (non-hydrogen) atoms. The highest BCUT2D eigenvalue weighted by molar-refractivity contribution is 7.17. The molecule has 0 N–H and O–H groups in total. The Morgan fingerprint density at radius 1 is 1.16 bits per heavy atom. The minimum absolute atomic E-state index is 0.315. The van der Waals surface area contributed by atoms with E-state index in [0.29, 0.717) is 12.4 Å². The molecule has 0 atom stereocenters. The van der Waals surface area contributed by atoms with Gasteiger partial charge in [-0.3, -0.25) is 0 Å². The first-order chi connectivity index (χ1) is 9.24. The molecule has 0 spiro atoms. The Morgan fingerprint density at radius 2 is 2.00 bits per heavy atom. The van der Waals surface area contributed by atoms with Gasteiger partial charge in [-0.15, -0.1) is 11.3 Å². The molecule has 1 aromatic heterocycles. The SMILES string of the molecule is Cc1ccc(F)c(OCc2csc3ccccc23)c1. The molecule has 0 fully saturated rings. The van der Waals surface area contributed by atoms with Crippen LogP contribution in [0.5, 0.6) is 5.75 Å². The second kappa shape index (κ2) is 5.02. The van der Waals surface area contributed by atoms with E-state index in [0.717, 1.165) is 11.1 Å². The van der Waals surface area contributed by atoms with Gasteiger partial charge in [-0.1, -0.05) is 24.3 Å². The molecule has 0 saturated carbocycles. The van der Waals surface area contributed by atoms with E-state index in [1.54, 1.807) is 23.5 Å². The lowest BCUT2D eigenvalue weighted by Crippen LogP contribution is -1.97. The van der Waals surface area contributed by atoms with Crippen LogP contribution in [0, 0.1) is 12.7 Å². The maximum atomic E-state index is 13.6. The molecule has 0 unspecified atom stereocenters. The molecule has 0 aliphatic rings. The number of aryl methyl sites for hydroxylation is 1. The molecule has 3 rings (SSSR count). The number of ether oxygens (including phenoxy) is 1. The molecule has 3 aromatic rings. The fourth-order valence-electron chi connectivity index (χ4n) is 2.02.